The average molecular weight is 596 g/mol. The molecule has 0 radical (unpaired) electrons. The minimum atomic E-state index is -0.936. The maximum Gasteiger partial charge on any atom is 0.335 e. The van der Waals surface area contributed by atoms with Crippen molar-refractivity contribution in [3.63, 3.8) is 0 Å². The number of benzene rings is 2. The van der Waals surface area contributed by atoms with Crippen LogP contribution in [0.1, 0.15) is 67.9 Å². The van der Waals surface area contributed by atoms with Crippen LogP contribution in [0.3, 0.4) is 0 Å². The van der Waals surface area contributed by atoms with Crippen LogP contribution < -0.4 is 5.32 Å². The van der Waals surface area contributed by atoms with E-state index in [1.807, 2.05) is 52.3 Å². The molecule has 2 N–H and O–H groups in total. The SMILES string of the molecule is CC1(C)C(c2ccc(C(=O)O)cc2)=CC[C@]2(C)CN(C(=O)C3(c4ccccc4)CCN(C(=O)C4CNC(=O)C4)CC3)CC=C12. The van der Waals surface area contributed by atoms with Gasteiger partial charge in [0.15, 0.2) is 0 Å². The number of nitrogens with one attached hydrogen (secondary N) is 1. The monoisotopic (exact) mass is 595 g/mol. The second kappa shape index (κ2) is 11.1. The summed E-state index contributed by atoms with van der Waals surface area (Å²) in [6.07, 6.45) is 6.60. The summed E-state index contributed by atoms with van der Waals surface area (Å²) in [5.41, 5.74) is 3.52. The highest BCUT2D eigenvalue weighted by molar-refractivity contribution is 5.91. The maximum atomic E-state index is 14.7. The van der Waals surface area contributed by atoms with Gasteiger partial charge in [0.25, 0.3) is 0 Å². The molecule has 0 aromatic heterocycles. The van der Waals surface area contributed by atoms with Crippen LogP contribution in [-0.2, 0) is 19.8 Å². The average Bonchev–Trinajstić information content (AvgIpc) is 3.46. The first-order chi connectivity index (χ1) is 20.9. The van der Waals surface area contributed by atoms with E-state index in [4.69, 9.17) is 0 Å². The highest BCUT2D eigenvalue weighted by atomic mass is 16.4. The number of hydrogen-bond acceptors (Lipinski definition) is 4. The van der Waals surface area contributed by atoms with Crippen LogP contribution >= 0.6 is 0 Å². The van der Waals surface area contributed by atoms with Crippen LogP contribution in [0.25, 0.3) is 5.57 Å². The van der Waals surface area contributed by atoms with Crippen molar-refractivity contribution in [1.29, 1.82) is 0 Å². The van der Waals surface area contributed by atoms with Gasteiger partial charge in [0.2, 0.25) is 17.7 Å². The van der Waals surface area contributed by atoms with Crippen LogP contribution in [0.4, 0.5) is 0 Å². The lowest BCUT2D eigenvalue weighted by atomic mass is 9.58. The number of piperidine rings is 1. The fourth-order valence-corrected chi connectivity index (χ4v) is 8.19. The first-order valence-electron chi connectivity index (χ1n) is 15.6. The van der Waals surface area contributed by atoms with Crippen LogP contribution in [0, 0.1) is 16.7 Å². The fraction of sp³-hybridized carbons (Fsp3) is 0.444. The number of rotatable bonds is 5. The van der Waals surface area contributed by atoms with E-state index in [9.17, 15) is 24.3 Å². The van der Waals surface area contributed by atoms with E-state index in [-0.39, 0.29) is 46.5 Å². The number of aromatic carboxylic acids is 1. The normalized spacial score (nSPS) is 25.8. The van der Waals surface area contributed by atoms with E-state index < -0.39 is 11.4 Å². The lowest BCUT2D eigenvalue weighted by Crippen LogP contribution is -2.57. The molecule has 2 aromatic rings. The number of allylic oxidation sites excluding steroid dienone is 2. The van der Waals surface area contributed by atoms with Crippen molar-refractivity contribution in [3.8, 4) is 0 Å². The van der Waals surface area contributed by atoms with Crippen molar-refractivity contribution in [2.45, 2.75) is 51.9 Å². The zero-order valence-corrected chi connectivity index (χ0v) is 25.8. The molecule has 3 heterocycles. The molecule has 2 aromatic carbocycles. The maximum absolute atomic E-state index is 14.7. The molecular weight excluding hydrogens is 554 g/mol. The van der Waals surface area contributed by atoms with Crippen molar-refractivity contribution >= 4 is 29.3 Å². The zero-order valence-electron chi connectivity index (χ0n) is 25.8. The topological polar surface area (TPSA) is 107 Å². The molecule has 44 heavy (non-hydrogen) atoms. The Bertz CT molecular complexity index is 1550. The molecule has 6 rings (SSSR count). The predicted molar refractivity (Wildman–Crippen MR) is 168 cm³/mol. The third-order valence-electron chi connectivity index (χ3n) is 10.5. The van der Waals surface area contributed by atoms with Crippen LogP contribution in [-0.4, -0.2) is 71.3 Å². The van der Waals surface area contributed by atoms with Gasteiger partial charge in [-0.25, -0.2) is 4.79 Å². The summed E-state index contributed by atoms with van der Waals surface area (Å²) in [5.74, 6) is -1.23. The van der Waals surface area contributed by atoms with E-state index in [0.717, 1.165) is 17.5 Å². The Kier molecular flexibility index (Phi) is 7.50. The summed E-state index contributed by atoms with van der Waals surface area (Å²) in [7, 11) is 0. The number of hydrogen-bond donors (Lipinski definition) is 2. The van der Waals surface area contributed by atoms with Crippen molar-refractivity contribution in [1.82, 2.24) is 15.1 Å². The van der Waals surface area contributed by atoms with Crippen molar-refractivity contribution in [3.05, 3.63) is 89.0 Å². The van der Waals surface area contributed by atoms with Crippen LogP contribution in [0.15, 0.2) is 72.3 Å². The molecule has 3 amide bonds. The smallest absolute Gasteiger partial charge is 0.335 e. The number of fused-ring (bicyclic) bond motifs is 1. The van der Waals surface area contributed by atoms with Gasteiger partial charge in [0, 0.05) is 50.0 Å². The van der Waals surface area contributed by atoms with Crippen molar-refractivity contribution < 1.29 is 24.3 Å². The summed E-state index contributed by atoms with van der Waals surface area (Å²) in [6.45, 7) is 9.16. The lowest BCUT2D eigenvalue weighted by molar-refractivity contribution is -0.145. The molecule has 2 saturated heterocycles. The summed E-state index contributed by atoms with van der Waals surface area (Å²) >= 11 is 0. The van der Waals surface area contributed by atoms with Crippen molar-refractivity contribution in [2.24, 2.45) is 16.7 Å². The van der Waals surface area contributed by atoms with Gasteiger partial charge in [-0.2, -0.15) is 0 Å². The fourth-order valence-electron chi connectivity index (χ4n) is 8.19. The second-order valence-corrected chi connectivity index (χ2v) is 13.7. The van der Waals surface area contributed by atoms with Gasteiger partial charge < -0.3 is 20.2 Å². The number of carbonyl (C=O) groups is 4. The number of likely N-dealkylation sites (tertiary alicyclic amines) is 1. The van der Waals surface area contributed by atoms with E-state index in [1.165, 1.54) is 11.1 Å². The molecule has 4 aliphatic rings. The molecule has 2 fully saturated rings. The summed E-state index contributed by atoms with van der Waals surface area (Å²) in [6, 6.07) is 17.1. The quantitative estimate of drug-likeness (QED) is 0.489. The molecule has 0 saturated carbocycles. The third kappa shape index (κ3) is 5.04. The number of carboxylic acid groups (broad SMARTS) is 1. The van der Waals surface area contributed by atoms with Crippen LogP contribution in [0.5, 0.6) is 0 Å². The third-order valence-corrected chi connectivity index (χ3v) is 10.5. The van der Waals surface area contributed by atoms with Gasteiger partial charge in [-0.1, -0.05) is 81.0 Å². The van der Waals surface area contributed by atoms with E-state index >= 15 is 0 Å². The van der Waals surface area contributed by atoms with Gasteiger partial charge in [-0.15, -0.1) is 0 Å². The number of nitrogens with zero attached hydrogens (tertiary/aromatic N) is 2. The minimum Gasteiger partial charge on any atom is -0.478 e. The first kappa shape index (κ1) is 29.9. The van der Waals surface area contributed by atoms with Crippen LogP contribution in [0.2, 0.25) is 0 Å². The number of carbonyl (C=O) groups excluding carboxylic acids is 3. The molecule has 0 bridgehead atoms. The summed E-state index contributed by atoms with van der Waals surface area (Å²) in [5, 5.41) is 12.1. The highest BCUT2D eigenvalue weighted by Crippen LogP contribution is 2.55. The second-order valence-electron chi connectivity index (χ2n) is 13.7. The largest absolute Gasteiger partial charge is 0.478 e. The van der Waals surface area contributed by atoms with Gasteiger partial charge in [0.05, 0.1) is 16.9 Å². The van der Waals surface area contributed by atoms with E-state index in [1.54, 1.807) is 12.1 Å². The Morgan fingerprint density at radius 2 is 1.59 bits per heavy atom. The van der Waals surface area contributed by atoms with E-state index in [2.05, 4.69) is 38.2 Å². The van der Waals surface area contributed by atoms with Gasteiger partial charge in [0.1, 0.15) is 0 Å². The molecule has 2 atom stereocenters. The molecular formula is C36H41N3O5. The minimum absolute atomic E-state index is 0.000137. The molecule has 8 nitrogen and oxygen atoms in total. The molecule has 0 spiro atoms. The Labute approximate surface area is 258 Å². The summed E-state index contributed by atoms with van der Waals surface area (Å²) in [4.78, 5) is 54.8. The Morgan fingerprint density at radius 3 is 2.20 bits per heavy atom. The highest BCUT2D eigenvalue weighted by Gasteiger charge is 2.51. The van der Waals surface area contributed by atoms with E-state index in [0.29, 0.717) is 45.6 Å². The van der Waals surface area contributed by atoms with Gasteiger partial charge in [-0.3, -0.25) is 14.4 Å². The van der Waals surface area contributed by atoms with Crippen molar-refractivity contribution in [2.75, 3.05) is 32.7 Å². The van der Waals surface area contributed by atoms with Gasteiger partial charge >= 0.3 is 5.97 Å². The predicted octanol–water partition coefficient (Wildman–Crippen LogP) is 4.67. The number of amides is 3. The standard InChI is InChI=1S/C36H41N3O5/c1-34(2)28(24-9-11-25(12-10-24)32(42)43)13-15-35(3)23-39(18-14-29(34)35)33(44)36(27-7-5-4-6-8-27)16-19-38(20-17-36)31(41)26-21-30(40)37-22-26/h4-14,26H,15-23H2,1-3H3,(H,37,40)(H,42,43)/t26?,35-/m1/s1. The number of carboxylic acids is 1. The zero-order chi connectivity index (χ0) is 31.3. The first-order valence-corrected chi connectivity index (χ1v) is 15.6. The molecule has 230 valence electrons. The molecule has 1 aliphatic carbocycles. The lowest BCUT2D eigenvalue weighted by Gasteiger charge is -2.52. The molecule has 8 heteroatoms. The Morgan fingerprint density at radius 1 is 0.909 bits per heavy atom. The molecule has 1 unspecified atom stereocenters. The van der Waals surface area contributed by atoms with Gasteiger partial charge in [-0.05, 0) is 48.1 Å². The molecule has 3 aliphatic heterocycles. The Balaban J connectivity index is 1.24. The summed E-state index contributed by atoms with van der Waals surface area (Å²) < 4.78 is 0. The Hall–Kier alpha value is -4.20.